The van der Waals surface area contributed by atoms with Gasteiger partial charge in [-0.3, -0.25) is 14.5 Å². The van der Waals surface area contributed by atoms with Crippen molar-refractivity contribution < 1.29 is 18.8 Å². The highest BCUT2D eigenvalue weighted by molar-refractivity contribution is 6.11. The molecule has 1 aliphatic heterocycles. The zero-order valence-electron chi connectivity index (χ0n) is 13.9. The number of carbonyl (C=O) groups is 3. The zero-order chi connectivity index (χ0) is 18.2. The van der Waals surface area contributed by atoms with Gasteiger partial charge in [0.2, 0.25) is 0 Å². The van der Waals surface area contributed by atoms with Crippen LogP contribution in [0.4, 0.5) is 9.18 Å². The number of imide groups is 1. The van der Waals surface area contributed by atoms with Gasteiger partial charge < -0.3 is 5.32 Å². The van der Waals surface area contributed by atoms with Crippen molar-refractivity contribution in [2.45, 2.75) is 19.4 Å². The van der Waals surface area contributed by atoms with Crippen molar-refractivity contribution >= 4 is 17.7 Å². The Morgan fingerprint density at radius 3 is 2.28 bits per heavy atom. The van der Waals surface area contributed by atoms with E-state index in [-0.39, 0.29) is 5.56 Å². The molecule has 0 aromatic heterocycles. The normalized spacial score (nSPS) is 19.9. The summed E-state index contributed by atoms with van der Waals surface area (Å²) in [5.74, 6) is -1.38. The van der Waals surface area contributed by atoms with Gasteiger partial charge in [0.15, 0.2) is 5.78 Å². The van der Waals surface area contributed by atoms with Crippen LogP contribution < -0.4 is 5.32 Å². The summed E-state index contributed by atoms with van der Waals surface area (Å²) in [6.07, 6.45) is 0. The second-order valence-electron chi connectivity index (χ2n) is 6.24. The van der Waals surface area contributed by atoms with Gasteiger partial charge in [0, 0.05) is 5.56 Å². The zero-order valence-corrected chi connectivity index (χ0v) is 13.9. The number of carbonyl (C=O) groups excluding carboxylic acids is 3. The van der Waals surface area contributed by atoms with Crippen LogP contribution in [0.25, 0.3) is 0 Å². The Labute approximate surface area is 144 Å². The van der Waals surface area contributed by atoms with Crippen LogP contribution in [0.2, 0.25) is 0 Å². The van der Waals surface area contributed by atoms with Crippen molar-refractivity contribution in [3.63, 3.8) is 0 Å². The first-order chi connectivity index (χ1) is 11.8. The molecule has 0 bridgehead atoms. The van der Waals surface area contributed by atoms with Crippen LogP contribution in [0.15, 0.2) is 48.5 Å². The average molecular weight is 340 g/mol. The second kappa shape index (κ2) is 6.12. The predicted molar refractivity (Wildman–Crippen MR) is 89.5 cm³/mol. The van der Waals surface area contributed by atoms with Gasteiger partial charge in [-0.05, 0) is 43.7 Å². The molecule has 1 aliphatic rings. The molecule has 0 saturated carbocycles. The number of benzene rings is 2. The van der Waals surface area contributed by atoms with Crippen molar-refractivity contribution in [1.82, 2.24) is 10.2 Å². The Morgan fingerprint density at radius 1 is 1.08 bits per heavy atom. The molecule has 1 atom stereocenters. The molecule has 3 amide bonds. The Balaban J connectivity index is 1.82. The highest BCUT2D eigenvalue weighted by Gasteiger charge is 2.49. The first-order valence-corrected chi connectivity index (χ1v) is 7.81. The van der Waals surface area contributed by atoms with Crippen LogP contribution in [0.3, 0.4) is 0 Å². The van der Waals surface area contributed by atoms with E-state index in [1.807, 2.05) is 19.1 Å². The highest BCUT2D eigenvalue weighted by Crippen LogP contribution is 2.29. The van der Waals surface area contributed by atoms with Crippen LogP contribution in [-0.2, 0) is 10.3 Å². The molecule has 1 N–H and O–H groups in total. The fraction of sp³-hybridized carbons (Fsp3) is 0.211. The molecule has 1 heterocycles. The van der Waals surface area contributed by atoms with Gasteiger partial charge in [0.25, 0.3) is 5.91 Å². The summed E-state index contributed by atoms with van der Waals surface area (Å²) in [5.41, 5.74) is 0.708. The summed E-state index contributed by atoms with van der Waals surface area (Å²) in [7, 11) is 0. The Kier molecular flexibility index (Phi) is 4.12. The molecular weight excluding hydrogens is 323 g/mol. The Morgan fingerprint density at radius 2 is 1.68 bits per heavy atom. The number of hydrogen-bond donors (Lipinski definition) is 1. The van der Waals surface area contributed by atoms with Crippen LogP contribution in [0, 0.1) is 12.7 Å². The minimum atomic E-state index is -1.21. The smallest absolute Gasteiger partial charge is 0.319 e. The summed E-state index contributed by atoms with van der Waals surface area (Å²) in [6, 6.07) is 11.6. The minimum Gasteiger partial charge on any atom is -0.319 e. The largest absolute Gasteiger partial charge is 0.325 e. The fourth-order valence-corrected chi connectivity index (χ4v) is 2.79. The monoisotopic (exact) mass is 340 g/mol. The number of nitrogens with zero attached hydrogens (tertiary/aromatic N) is 1. The molecule has 2 aromatic rings. The highest BCUT2D eigenvalue weighted by atomic mass is 19.1. The summed E-state index contributed by atoms with van der Waals surface area (Å²) < 4.78 is 13.0. The van der Waals surface area contributed by atoms with Crippen molar-refractivity contribution in [2.24, 2.45) is 0 Å². The van der Waals surface area contributed by atoms with Gasteiger partial charge in [-0.1, -0.05) is 29.8 Å². The standard InChI is InChI=1S/C19H17FN2O3/c1-12-3-7-14(8-4-12)19(2)17(24)22(18(25)21-19)11-16(23)13-5-9-15(20)10-6-13/h3-10H,11H2,1-2H3,(H,21,25)/t19-/m0/s1. The Hall–Kier alpha value is -3.02. The number of nitrogens with one attached hydrogen (secondary N) is 1. The maximum atomic E-state index is 13.0. The SMILES string of the molecule is Cc1ccc([C@]2(C)NC(=O)N(CC(=O)c3ccc(F)cc3)C2=O)cc1. The summed E-state index contributed by atoms with van der Waals surface area (Å²) >= 11 is 0. The molecular formula is C19H17FN2O3. The summed E-state index contributed by atoms with van der Waals surface area (Å²) in [6.45, 7) is 3.15. The Bertz CT molecular complexity index is 846. The van der Waals surface area contributed by atoms with Gasteiger partial charge in [0.1, 0.15) is 11.4 Å². The molecule has 1 saturated heterocycles. The number of hydrogen-bond acceptors (Lipinski definition) is 3. The summed E-state index contributed by atoms with van der Waals surface area (Å²) in [4.78, 5) is 38.2. The lowest BCUT2D eigenvalue weighted by atomic mass is 9.91. The predicted octanol–water partition coefficient (Wildman–Crippen LogP) is 2.78. The lowest BCUT2D eigenvalue weighted by molar-refractivity contribution is -0.130. The maximum absolute atomic E-state index is 13.0. The van der Waals surface area contributed by atoms with Crippen molar-refractivity contribution in [3.05, 3.63) is 71.0 Å². The van der Waals surface area contributed by atoms with Crippen molar-refractivity contribution in [2.75, 3.05) is 6.54 Å². The van der Waals surface area contributed by atoms with E-state index < -0.39 is 35.6 Å². The number of rotatable bonds is 4. The number of halogens is 1. The van der Waals surface area contributed by atoms with E-state index in [0.29, 0.717) is 5.56 Å². The van der Waals surface area contributed by atoms with Crippen LogP contribution in [0.5, 0.6) is 0 Å². The maximum Gasteiger partial charge on any atom is 0.325 e. The third kappa shape index (κ3) is 3.03. The molecule has 0 unspecified atom stereocenters. The van der Waals surface area contributed by atoms with Crippen LogP contribution in [0.1, 0.15) is 28.4 Å². The minimum absolute atomic E-state index is 0.242. The topological polar surface area (TPSA) is 66.5 Å². The number of aryl methyl sites for hydroxylation is 1. The van der Waals surface area contributed by atoms with Gasteiger partial charge in [0.05, 0.1) is 6.54 Å². The molecule has 25 heavy (non-hydrogen) atoms. The summed E-state index contributed by atoms with van der Waals surface area (Å²) in [5, 5.41) is 2.66. The van der Waals surface area contributed by atoms with E-state index in [9.17, 15) is 18.8 Å². The molecule has 6 heteroatoms. The van der Waals surface area contributed by atoms with Crippen molar-refractivity contribution in [3.8, 4) is 0 Å². The van der Waals surface area contributed by atoms with Crippen LogP contribution in [-0.4, -0.2) is 29.2 Å². The van der Waals surface area contributed by atoms with E-state index in [4.69, 9.17) is 0 Å². The van der Waals surface area contributed by atoms with E-state index in [0.717, 1.165) is 22.6 Å². The number of amides is 3. The van der Waals surface area contributed by atoms with Crippen molar-refractivity contribution in [1.29, 1.82) is 0 Å². The van der Waals surface area contributed by atoms with E-state index in [1.165, 1.54) is 12.1 Å². The van der Waals surface area contributed by atoms with E-state index in [1.54, 1.807) is 19.1 Å². The lowest BCUT2D eigenvalue weighted by Crippen LogP contribution is -2.41. The first kappa shape index (κ1) is 16.8. The molecule has 0 aliphatic carbocycles. The van der Waals surface area contributed by atoms with E-state index in [2.05, 4.69) is 5.32 Å². The first-order valence-electron chi connectivity index (χ1n) is 7.81. The molecule has 2 aromatic carbocycles. The number of ketones is 1. The van der Waals surface area contributed by atoms with E-state index >= 15 is 0 Å². The number of Topliss-reactive ketones (excluding diaryl/α,β-unsaturated/α-hetero) is 1. The molecule has 0 spiro atoms. The third-order valence-corrected chi connectivity index (χ3v) is 4.37. The molecule has 0 radical (unpaired) electrons. The molecule has 128 valence electrons. The van der Waals surface area contributed by atoms with Gasteiger partial charge in [-0.15, -0.1) is 0 Å². The lowest BCUT2D eigenvalue weighted by Gasteiger charge is -2.22. The third-order valence-electron chi connectivity index (χ3n) is 4.37. The number of urea groups is 1. The quantitative estimate of drug-likeness (QED) is 0.687. The van der Waals surface area contributed by atoms with Gasteiger partial charge >= 0.3 is 6.03 Å². The van der Waals surface area contributed by atoms with Gasteiger partial charge in [-0.25, -0.2) is 9.18 Å². The van der Waals surface area contributed by atoms with Gasteiger partial charge in [-0.2, -0.15) is 0 Å². The second-order valence-corrected chi connectivity index (χ2v) is 6.24. The molecule has 3 rings (SSSR count). The molecule has 5 nitrogen and oxygen atoms in total. The van der Waals surface area contributed by atoms with Crippen LogP contribution >= 0.6 is 0 Å². The average Bonchev–Trinajstić information content (AvgIpc) is 2.80. The molecule has 1 fully saturated rings. The fourth-order valence-electron chi connectivity index (χ4n) is 2.79.